The first-order valence-electron chi connectivity index (χ1n) is 6.74. The second-order valence-electron chi connectivity index (χ2n) is 4.85. The Kier molecular flexibility index (Phi) is 5.97. The molecular formula is C16H21NO3. The summed E-state index contributed by atoms with van der Waals surface area (Å²) in [7, 11) is 1.81. The molecule has 1 N–H and O–H groups in total. The predicted molar refractivity (Wildman–Crippen MR) is 79.6 cm³/mol. The third kappa shape index (κ3) is 4.53. The number of aliphatic carboxylic acids is 1. The molecule has 1 aromatic carbocycles. The Labute approximate surface area is 119 Å². The highest BCUT2D eigenvalue weighted by atomic mass is 16.4. The van der Waals surface area contributed by atoms with Crippen LogP contribution in [0.3, 0.4) is 0 Å². The fourth-order valence-corrected chi connectivity index (χ4v) is 1.92. The molecule has 0 saturated heterocycles. The highest BCUT2D eigenvalue weighted by Gasteiger charge is 2.16. The lowest BCUT2D eigenvalue weighted by molar-refractivity contribution is -0.131. The molecule has 4 nitrogen and oxygen atoms in total. The molecular weight excluding hydrogens is 254 g/mol. The summed E-state index contributed by atoms with van der Waals surface area (Å²) in [4.78, 5) is 24.4. The summed E-state index contributed by atoms with van der Waals surface area (Å²) in [5.41, 5.74) is 1.37. The molecule has 0 aliphatic rings. The normalized spacial score (nSPS) is 12.3. The Morgan fingerprint density at radius 2 is 1.90 bits per heavy atom. The van der Waals surface area contributed by atoms with E-state index in [1.165, 1.54) is 6.08 Å². The molecule has 1 aromatic rings. The van der Waals surface area contributed by atoms with E-state index in [9.17, 15) is 9.59 Å². The summed E-state index contributed by atoms with van der Waals surface area (Å²) in [5.74, 6) is -1.00. The van der Waals surface area contributed by atoms with Gasteiger partial charge in [-0.05, 0) is 37.1 Å². The number of carbonyl (C=O) groups excluding carboxylic acids is 1. The molecule has 0 heterocycles. The maximum atomic E-state index is 12.3. The van der Waals surface area contributed by atoms with Crippen molar-refractivity contribution < 1.29 is 14.7 Å². The van der Waals surface area contributed by atoms with Crippen molar-refractivity contribution in [2.45, 2.75) is 32.7 Å². The molecule has 0 aliphatic heterocycles. The van der Waals surface area contributed by atoms with Gasteiger partial charge in [-0.1, -0.05) is 25.5 Å². The Bertz CT molecular complexity index is 491. The zero-order chi connectivity index (χ0) is 15.1. The van der Waals surface area contributed by atoms with E-state index in [4.69, 9.17) is 5.11 Å². The molecule has 1 rings (SSSR count). The number of carboxylic acids is 1. The Balaban J connectivity index is 2.77. The molecule has 0 aliphatic carbocycles. The molecule has 0 bridgehead atoms. The van der Waals surface area contributed by atoms with E-state index in [1.807, 2.05) is 6.92 Å². The summed E-state index contributed by atoms with van der Waals surface area (Å²) in [6.45, 7) is 4.13. The van der Waals surface area contributed by atoms with E-state index in [-0.39, 0.29) is 11.9 Å². The molecule has 1 atom stereocenters. The van der Waals surface area contributed by atoms with Crippen LogP contribution in [0, 0.1) is 0 Å². The fraction of sp³-hybridized carbons (Fsp3) is 0.375. The van der Waals surface area contributed by atoms with Crippen LogP contribution in [-0.4, -0.2) is 35.0 Å². The van der Waals surface area contributed by atoms with Gasteiger partial charge >= 0.3 is 5.97 Å². The number of nitrogens with zero attached hydrogens (tertiary/aromatic N) is 1. The summed E-state index contributed by atoms with van der Waals surface area (Å²) in [5, 5.41) is 8.55. The second-order valence-corrected chi connectivity index (χ2v) is 4.85. The van der Waals surface area contributed by atoms with E-state index in [1.54, 1.807) is 36.2 Å². The van der Waals surface area contributed by atoms with Crippen LogP contribution in [0.4, 0.5) is 0 Å². The lowest BCUT2D eigenvalue weighted by atomic mass is 10.1. The van der Waals surface area contributed by atoms with Gasteiger partial charge in [0.05, 0.1) is 0 Å². The van der Waals surface area contributed by atoms with Gasteiger partial charge < -0.3 is 10.0 Å². The summed E-state index contributed by atoms with van der Waals surface area (Å²) in [6, 6.07) is 7.13. The largest absolute Gasteiger partial charge is 0.478 e. The van der Waals surface area contributed by atoms with Gasteiger partial charge in [0.2, 0.25) is 0 Å². The molecule has 0 spiro atoms. The van der Waals surface area contributed by atoms with E-state index in [0.717, 1.165) is 24.5 Å². The first kappa shape index (κ1) is 16.0. The number of carbonyl (C=O) groups is 2. The smallest absolute Gasteiger partial charge is 0.328 e. The molecule has 108 valence electrons. The van der Waals surface area contributed by atoms with Crippen LogP contribution < -0.4 is 0 Å². The van der Waals surface area contributed by atoms with E-state index in [2.05, 4.69) is 6.92 Å². The van der Waals surface area contributed by atoms with Crippen molar-refractivity contribution in [1.82, 2.24) is 4.90 Å². The van der Waals surface area contributed by atoms with Gasteiger partial charge in [0.1, 0.15) is 0 Å². The van der Waals surface area contributed by atoms with Crippen molar-refractivity contribution in [1.29, 1.82) is 0 Å². The van der Waals surface area contributed by atoms with Gasteiger partial charge in [-0.25, -0.2) is 4.79 Å². The van der Waals surface area contributed by atoms with Crippen LogP contribution in [0.5, 0.6) is 0 Å². The lowest BCUT2D eigenvalue weighted by Crippen LogP contribution is -2.34. The average Bonchev–Trinajstić information content (AvgIpc) is 2.44. The quantitative estimate of drug-likeness (QED) is 0.812. The van der Waals surface area contributed by atoms with Crippen molar-refractivity contribution in [3.8, 4) is 0 Å². The fourth-order valence-electron chi connectivity index (χ4n) is 1.92. The number of carboxylic acid groups (broad SMARTS) is 1. The maximum Gasteiger partial charge on any atom is 0.328 e. The first-order valence-corrected chi connectivity index (χ1v) is 6.74. The van der Waals surface area contributed by atoms with Crippen LogP contribution >= 0.6 is 0 Å². The molecule has 1 amide bonds. The van der Waals surface area contributed by atoms with E-state index < -0.39 is 5.97 Å². The van der Waals surface area contributed by atoms with E-state index >= 15 is 0 Å². The van der Waals surface area contributed by atoms with Crippen molar-refractivity contribution >= 4 is 18.0 Å². The van der Waals surface area contributed by atoms with Gasteiger partial charge in [-0.15, -0.1) is 0 Å². The highest BCUT2D eigenvalue weighted by molar-refractivity contribution is 5.94. The van der Waals surface area contributed by atoms with Crippen LogP contribution in [-0.2, 0) is 4.79 Å². The zero-order valence-electron chi connectivity index (χ0n) is 12.2. The number of rotatable bonds is 6. The van der Waals surface area contributed by atoms with Crippen LogP contribution in [0.25, 0.3) is 6.08 Å². The van der Waals surface area contributed by atoms with Gasteiger partial charge in [0.15, 0.2) is 0 Å². The summed E-state index contributed by atoms with van der Waals surface area (Å²) >= 11 is 0. The van der Waals surface area contributed by atoms with Crippen molar-refractivity contribution in [3.05, 3.63) is 41.5 Å². The van der Waals surface area contributed by atoms with Crippen molar-refractivity contribution in [2.75, 3.05) is 7.05 Å². The predicted octanol–water partition coefficient (Wildman–Crippen LogP) is 3.05. The number of amides is 1. The summed E-state index contributed by atoms with van der Waals surface area (Å²) in [6.07, 6.45) is 4.59. The first-order chi connectivity index (χ1) is 9.45. The third-order valence-corrected chi connectivity index (χ3v) is 3.26. The molecule has 4 heteroatoms. The van der Waals surface area contributed by atoms with Gasteiger partial charge in [0.25, 0.3) is 5.91 Å². The number of hydrogen-bond donors (Lipinski definition) is 1. The molecule has 0 fully saturated rings. The molecule has 20 heavy (non-hydrogen) atoms. The average molecular weight is 275 g/mol. The van der Waals surface area contributed by atoms with Crippen LogP contribution in [0.15, 0.2) is 30.3 Å². The van der Waals surface area contributed by atoms with Gasteiger partial charge in [-0.3, -0.25) is 4.79 Å². The second kappa shape index (κ2) is 7.48. The highest BCUT2D eigenvalue weighted by Crippen LogP contribution is 2.12. The molecule has 0 radical (unpaired) electrons. The van der Waals surface area contributed by atoms with Crippen molar-refractivity contribution in [3.63, 3.8) is 0 Å². The Hall–Kier alpha value is -2.10. The number of benzene rings is 1. The van der Waals surface area contributed by atoms with Crippen LogP contribution in [0.2, 0.25) is 0 Å². The zero-order valence-corrected chi connectivity index (χ0v) is 12.2. The van der Waals surface area contributed by atoms with Crippen molar-refractivity contribution in [2.24, 2.45) is 0 Å². The van der Waals surface area contributed by atoms with E-state index in [0.29, 0.717) is 5.56 Å². The lowest BCUT2D eigenvalue weighted by Gasteiger charge is -2.24. The SMILES string of the molecule is CCCC(C)N(C)C(=O)c1ccc(C=CC(=O)O)cc1. The minimum Gasteiger partial charge on any atom is -0.478 e. The minimum absolute atomic E-state index is 0.0142. The van der Waals surface area contributed by atoms with Gasteiger partial charge in [-0.2, -0.15) is 0 Å². The monoisotopic (exact) mass is 275 g/mol. The van der Waals surface area contributed by atoms with Gasteiger partial charge in [0, 0.05) is 24.7 Å². The maximum absolute atomic E-state index is 12.3. The van der Waals surface area contributed by atoms with Crippen LogP contribution in [0.1, 0.15) is 42.6 Å². The summed E-state index contributed by atoms with van der Waals surface area (Å²) < 4.78 is 0. The Morgan fingerprint density at radius 1 is 1.30 bits per heavy atom. The Morgan fingerprint density at radius 3 is 2.40 bits per heavy atom. The third-order valence-electron chi connectivity index (χ3n) is 3.26. The topological polar surface area (TPSA) is 57.6 Å². The molecule has 0 aromatic heterocycles. The standard InChI is InChI=1S/C16H21NO3/c1-4-5-12(2)17(3)16(20)14-9-6-13(7-10-14)8-11-15(18)19/h6-12H,4-5H2,1-3H3,(H,18,19). The molecule has 1 unspecified atom stereocenters. The molecule has 0 saturated carbocycles. The number of hydrogen-bond acceptors (Lipinski definition) is 2. The minimum atomic E-state index is -0.988.